The number of carboxylic acid groups (broad SMARTS) is 1. The van der Waals surface area contributed by atoms with Crippen LogP contribution in [0.1, 0.15) is 26.5 Å². The van der Waals surface area contributed by atoms with E-state index in [1.54, 1.807) is 6.07 Å². The van der Waals surface area contributed by atoms with Gasteiger partial charge in [-0.25, -0.2) is 4.79 Å². The van der Waals surface area contributed by atoms with Crippen molar-refractivity contribution in [3.8, 4) is 0 Å². The van der Waals surface area contributed by atoms with Crippen LogP contribution in [0.5, 0.6) is 0 Å². The predicted molar refractivity (Wildman–Crippen MR) is 63.9 cm³/mol. The van der Waals surface area contributed by atoms with Crippen LogP contribution in [0.4, 0.5) is 0 Å². The number of thiophene rings is 1. The highest BCUT2D eigenvalue weighted by molar-refractivity contribution is 7.14. The van der Waals surface area contributed by atoms with Crippen molar-refractivity contribution in [1.29, 1.82) is 0 Å². The first kappa shape index (κ1) is 11.6. The number of nitrogens with zero attached hydrogens (tertiary/aromatic N) is 1. The van der Waals surface area contributed by atoms with Crippen LogP contribution < -0.4 is 5.73 Å². The van der Waals surface area contributed by atoms with Gasteiger partial charge in [-0.2, -0.15) is 0 Å². The molecule has 2 heterocycles. The molecule has 1 aliphatic rings. The van der Waals surface area contributed by atoms with Crippen molar-refractivity contribution in [3.05, 3.63) is 21.4 Å². The number of carboxylic acids is 1. The first-order chi connectivity index (χ1) is 7.56. The maximum atomic E-state index is 10.8. The van der Waals surface area contributed by atoms with Gasteiger partial charge in [-0.1, -0.05) is 0 Å². The van der Waals surface area contributed by atoms with E-state index in [1.807, 2.05) is 6.92 Å². The largest absolute Gasteiger partial charge is 0.477 e. The van der Waals surface area contributed by atoms with E-state index in [4.69, 9.17) is 10.8 Å². The fourth-order valence-electron chi connectivity index (χ4n) is 2.03. The molecular weight excluding hydrogens is 224 g/mol. The Bertz CT molecular complexity index is 403. The number of nitrogens with two attached hydrogens (primary N) is 1. The number of aromatic carboxylic acids is 1. The summed E-state index contributed by atoms with van der Waals surface area (Å²) in [5.74, 6) is -0.836. The van der Waals surface area contributed by atoms with E-state index in [9.17, 15) is 4.79 Å². The number of aryl methyl sites for hydroxylation is 1. The van der Waals surface area contributed by atoms with Crippen LogP contribution >= 0.6 is 11.3 Å². The summed E-state index contributed by atoms with van der Waals surface area (Å²) in [4.78, 5) is 14.6. The molecule has 1 fully saturated rings. The number of rotatable bonds is 3. The van der Waals surface area contributed by atoms with E-state index in [0.717, 1.165) is 36.5 Å². The lowest BCUT2D eigenvalue weighted by Gasteiger charge is -2.14. The molecule has 1 aromatic heterocycles. The average molecular weight is 240 g/mol. The number of carbonyl (C=O) groups is 1. The van der Waals surface area contributed by atoms with E-state index in [2.05, 4.69) is 4.90 Å². The first-order valence-electron chi connectivity index (χ1n) is 5.37. The Morgan fingerprint density at radius 2 is 2.50 bits per heavy atom. The van der Waals surface area contributed by atoms with Crippen molar-refractivity contribution >= 4 is 17.3 Å². The Hall–Kier alpha value is -0.910. The molecule has 1 saturated heterocycles. The molecule has 3 N–H and O–H groups in total. The Morgan fingerprint density at radius 3 is 3.00 bits per heavy atom. The monoisotopic (exact) mass is 240 g/mol. The van der Waals surface area contributed by atoms with Crippen molar-refractivity contribution in [2.75, 3.05) is 13.1 Å². The molecule has 1 aliphatic heterocycles. The maximum absolute atomic E-state index is 10.8. The van der Waals surface area contributed by atoms with Gasteiger partial charge in [0, 0.05) is 30.6 Å². The molecule has 1 aromatic rings. The van der Waals surface area contributed by atoms with E-state index in [0.29, 0.717) is 4.88 Å². The molecule has 0 bridgehead atoms. The highest BCUT2D eigenvalue weighted by Crippen LogP contribution is 2.24. The van der Waals surface area contributed by atoms with Crippen molar-refractivity contribution in [1.82, 2.24) is 4.90 Å². The standard InChI is InChI=1S/C11H16N2O2S/c1-7-8(4-10(16-7)11(14)15)5-13-3-2-9(12)6-13/h4,9H,2-3,5-6,12H2,1H3,(H,14,15). The van der Waals surface area contributed by atoms with Crippen LogP contribution in [0, 0.1) is 6.92 Å². The lowest BCUT2D eigenvalue weighted by atomic mass is 10.2. The van der Waals surface area contributed by atoms with E-state index in [-0.39, 0.29) is 6.04 Å². The van der Waals surface area contributed by atoms with Gasteiger partial charge in [-0.05, 0) is 25.0 Å². The summed E-state index contributed by atoms with van der Waals surface area (Å²) in [5, 5.41) is 8.90. The molecule has 2 rings (SSSR count). The molecule has 0 radical (unpaired) electrons. The van der Waals surface area contributed by atoms with Crippen LogP contribution in [-0.4, -0.2) is 35.1 Å². The summed E-state index contributed by atoms with van der Waals surface area (Å²) in [6.45, 7) is 4.72. The summed E-state index contributed by atoms with van der Waals surface area (Å²) in [5.41, 5.74) is 6.96. The fourth-order valence-corrected chi connectivity index (χ4v) is 2.90. The topological polar surface area (TPSA) is 66.6 Å². The average Bonchev–Trinajstić information content (AvgIpc) is 2.75. The lowest BCUT2D eigenvalue weighted by molar-refractivity contribution is 0.0702. The second-order valence-corrected chi connectivity index (χ2v) is 5.54. The number of hydrogen-bond donors (Lipinski definition) is 2. The van der Waals surface area contributed by atoms with Crippen LogP contribution in [0.3, 0.4) is 0 Å². The first-order valence-corrected chi connectivity index (χ1v) is 6.18. The highest BCUT2D eigenvalue weighted by atomic mass is 32.1. The van der Waals surface area contributed by atoms with Crippen molar-refractivity contribution in [3.63, 3.8) is 0 Å². The summed E-state index contributed by atoms with van der Waals surface area (Å²) in [6.07, 6.45) is 1.04. The molecule has 0 spiro atoms. The van der Waals surface area contributed by atoms with Crippen LogP contribution in [0.15, 0.2) is 6.07 Å². The molecule has 1 atom stereocenters. The van der Waals surface area contributed by atoms with Gasteiger partial charge in [-0.15, -0.1) is 11.3 Å². The molecule has 0 aromatic carbocycles. The van der Waals surface area contributed by atoms with E-state index < -0.39 is 5.97 Å². The molecule has 0 aliphatic carbocycles. The molecule has 5 heteroatoms. The molecule has 0 saturated carbocycles. The van der Waals surface area contributed by atoms with E-state index >= 15 is 0 Å². The SMILES string of the molecule is Cc1sc(C(=O)O)cc1CN1CCC(N)C1. The maximum Gasteiger partial charge on any atom is 0.345 e. The Kier molecular flexibility index (Phi) is 3.28. The second-order valence-electron chi connectivity index (χ2n) is 4.28. The fraction of sp³-hybridized carbons (Fsp3) is 0.545. The predicted octanol–water partition coefficient (Wildman–Crippen LogP) is 1.29. The van der Waals surface area contributed by atoms with Gasteiger partial charge < -0.3 is 10.8 Å². The number of hydrogen-bond acceptors (Lipinski definition) is 4. The van der Waals surface area contributed by atoms with Crippen LogP contribution in [0.25, 0.3) is 0 Å². The van der Waals surface area contributed by atoms with Gasteiger partial charge in [0.2, 0.25) is 0 Å². The number of likely N-dealkylation sites (tertiary alicyclic amines) is 1. The zero-order valence-corrected chi connectivity index (χ0v) is 10.1. The third-order valence-corrected chi connectivity index (χ3v) is 4.01. The summed E-state index contributed by atoms with van der Waals surface area (Å²) in [7, 11) is 0. The smallest absolute Gasteiger partial charge is 0.345 e. The quantitative estimate of drug-likeness (QED) is 0.835. The minimum Gasteiger partial charge on any atom is -0.477 e. The third-order valence-electron chi connectivity index (χ3n) is 2.93. The van der Waals surface area contributed by atoms with Gasteiger partial charge in [-0.3, -0.25) is 4.90 Å². The van der Waals surface area contributed by atoms with E-state index in [1.165, 1.54) is 11.3 Å². The van der Waals surface area contributed by atoms with Gasteiger partial charge in [0.05, 0.1) is 0 Å². The summed E-state index contributed by atoms with van der Waals surface area (Å²) < 4.78 is 0. The Morgan fingerprint density at radius 1 is 1.75 bits per heavy atom. The minimum atomic E-state index is -0.836. The second kappa shape index (κ2) is 4.53. The summed E-state index contributed by atoms with van der Waals surface area (Å²) >= 11 is 1.35. The zero-order valence-electron chi connectivity index (χ0n) is 9.27. The molecule has 0 amide bonds. The molecule has 16 heavy (non-hydrogen) atoms. The highest BCUT2D eigenvalue weighted by Gasteiger charge is 2.20. The third kappa shape index (κ3) is 2.42. The van der Waals surface area contributed by atoms with Crippen molar-refractivity contribution < 1.29 is 9.90 Å². The Balaban J connectivity index is 2.06. The van der Waals surface area contributed by atoms with Gasteiger partial charge in [0.15, 0.2) is 0 Å². The van der Waals surface area contributed by atoms with Crippen LogP contribution in [-0.2, 0) is 6.54 Å². The summed E-state index contributed by atoms with van der Waals surface area (Å²) in [6, 6.07) is 2.06. The van der Waals surface area contributed by atoms with Crippen molar-refractivity contribution in [2.24, 2.45) is 5.73 Å². The van der Waals surface area contributed by atoms with Gasteiger partial charge >= 0.3 is 5.97 Å². The molecule has 1 unspecified atom stereocenters. The van der Waals surface area contributed by atoms with Gasteiger partial charge in [0.25, 0.3) is 0 Å². The zero-order chi connectivity index (χ0) is 11.7. The molecular formula is C11H16N2O2S. The normalized spacial score (nSPS) is 21.5. The molecule has 4 nitrogen and oxygen atoms in total. The lowest BCUT2D eigenvalue weighted by Crippen LogP contribution is -2.26. The minimum absolute atomic E-state index is 0.276. The van der Waals surface area contributed by atoms with Gasteiger partial charge in [0.1, 0.15) is 4.88 Å². The Labute approximate surface area is 98.7 Å². The molecule has 88 valence electrons. The van der Waals surface area contributed by atoms with Crippen molar-refractivity contribution in [2.45, 2.75) is 25.9 Å². The van der Waals surface area contributed by atoms with Crippen LogP contribution in [0.2, 0.25) is 0 Å².